The summed E-state index contributed by atoms with van der Waals surface area (Å²) in [5.74, 6) is 0.854. The molecule has 0 saturated heterocycles. The number of aryl methyl sites for hydroxylation is 1. The van der Waals surface area contributed by atoms with E-state index in [1.165, 1.54) is 22.2 Å². The fraction of sp³-hybridized carbons (Fsp3) is 0.235. The van der Waals surface area contributed by atoms with Crippen molar-refractivity contribution in [2.75, 3.05) is 5.32 Å². The van der Waals surface area contributed by atoms with Crippen molar-refractivity contribution in [2.24, 2.45) is 0 Å². The van der Waals surface area contributed by atoms with Gasteiger partial charge in [0.1, 0.15) is 5.82 Å². The predicted molar refractivity (Wildman–Crippen MR) is 96.5 cm³/mol. The molecule has 0 saturated carbocycles. The van der Waals surface area contributed by atoms with E-state index in [1.54, 1.807) is 11.3 Å². The number of H-pyrrole nitrogens is 1. The van der Waals surface area contributed by atoms with Crippen molar-refractivity contribution in [2.45, 2.75) is 29.7 Å². The number of anilines is 1. The zero-order valence-corrected chi connectivity index (χ0v) is 14.5. The SMILES string of the molecule is O=C1Nc2ccccc2CC[C@H]1Sc1n[nH]c(Cc2cccs2)n1. The van der Waals surface area contributed by atoms with Crippen LogP contribution in [0.1, 0.15) is 22.7 Å². The molecular formula is C17H16N4OS2. The maximum absolute atomic E-state index is 12.4. The van der Waals surface area contributed by atoms with Crippen LogP contribution in [0.25, 0.3) is 0 Å². The van der Waals surface area contributed by atoms with Gasteiger partial charge in [0.25, 0.3) is 0 Å². The molecule has 0 fully saturated rings. The highest BCUT2D eigenvalue weighted by atomic mass is 32.2. The normalized spacial score (nSPS) is 17.2. The molecule has 1 aliphatic rings. The topological polar surface area (TPSA) is 70.7 Å². The van der Waals surface area contributed by atoms with Crippen LogP contribution in [0.15, 0.2) is 46.9 Å². The van der Waals surface area contributed by atoms with Crippen molar-refractivity contribution in [1.82, 2.24) is 15.2 Å². The van der Waals surface area contributed by atoms with E-state index in [1.807, 2.05) is 24.3 Å². The van der Waals surface area contributed by atoms with Crippen LogP contribution < -0.4 is 5.32 Å². The Morgan fingerprint density at radius 1 is 1.25 bits per heavy atom. The number of aromatic nitrogens is 3. The number of hydrogen-bond acceptors (Lipinski definition) is 5. The summed E-state index contributed by atoms with van der Waals surface area (Å²) in [6.07, 6.45) is 2.40. The Kier molecular flexibility index (Phi) is 4.36. The molecule has 0 unspecified atom stereocenters. The first kappa shape index (κ1) is 15.4. The standard InChI is InChI=1S/C17H16N4OS2/c22-16-14(8-7-11-4-1-2-6-13(11)18-16)24-17-19-15(20-21-17)10-12-5-3-9-23-12/h1-6,9,14H,7-8,10H2,(H,18,22)(H,19,20,21)/t14-/m1/s1. The van der Waals surface area contributed by atoms with Crippen LogP contribution in [-0.2, 0) is 17.6 Å². The molecular weight excluding hydrogens is 340 g/mol. The summed E-state index contributed by atoms with van der Waals surface area (Å²) in [4.78, 5) is 18.2. The molecule has 0 bridgehead atoms. The third kappa shape index (κ3) is 3.37. The molecule has 24 heavy (non-hydrogen) atoms. The number of thioether (sulfide) groups is 1. The Morgan fingerprint density at radius 2 is 2.17 bits per heavy atom. The van der Waals surface area contributed by atoms with Gasteiger partial charge in [-0.3, -0.25) is 9.89 Å². The quantitative estimate of drug-likeness (QED) is 0.750. The van der Waals surface area contributed by atoms with Gasteiger partial charge in [-0.05, 0) is 35.9 Å². The lowest BCUT2D eigenvalue weighted by Gasteiger charge is -2.10. The van der Waals surface area contributed by atoms with E-state index < -0.39 is 0 Å². The van der Waals surface area contributed by atoms with E-state index in [4.69, 9.17) is 0 Å². The Labute approximate surface area is 147 Å². The third-order valence-electron chi connectivity index (χ3n) is 3.92. The van der Waals surface area contributed by atoms with E-state index in [0.29, 0.717) is 5.16 Å². The lowest BCUT2D eigenvalue weighted by atomic mass is 10.1. The van der Waals surface area contributed by atoms with Gasteiger partial charge in [0.15, 0.2) is 0 Å². The maximum atomic E-state index is 12.4. The maximum Gasteiger partial charge on any atom is 0.237 e. The van der Waals surface area contributed by atoms with Crippen molar-refractivity contribution in [3.8, 4) is 0 Å². The molecule has 1 aromatic carbocycles. The second-order valence-corrected chi connectivity index (χ2v) is 7.81. The van der Waals surface area contributed by atoms with Crippen LogP contribution in [-0.4, -0.2) is 26.3 Å². The number of aromatic amines is 1. The monoisotopic (exact) mass is 356 g/mol. The van der Waals surface area contributed by atoms with Crippen LogP contribution in [0.3, 0.4) is 0 Å². The summed E-state index contributed by atoms with van der Waals surface area (Å²) in [5.41, 5.74) is 2.10. The molecule has 3 aromatic rings. The molecule has 3 heterocycles. The van der Waals surface area contributed by atoms with E-state index in [0.717, 1.165) is 30.8 Å². The number of nitrogens with zero attached hydrogens (tertiary/aromatic N) is 2. The number of nitrogens with one attached hydrogen (secondary N) is 2. The van der Waals surface area contributed by atoms with Gasteiger partial charge in [-0.1, -0.05) is 36.0 Å². The molecule has 0 radical (unpaired) electrons. The number of carbonyl (C=O) groups is 1. The summed E-state index contributed by atoms with van der Waals surface area (Å²) in [5, 5.41) is 12.7. The third-order valence-corrected chi connectivity index (χ3v) is 5.93. The lowest BCUT2D eigenvalue weighted by molar-refractivity contribution is -0.115. The minimum Gasteiger partial charge on any atom is -0.325 e. The Balaban J connectivity index is 1.44. The van der Waals surface area contributed by atoms with Gasteiger partial charge in [0.05, 0.1) is 5.25 Å². The molecule has 0 spiro atoms. The molecule has 122 valence electrons. The van der Waals surface area contributed by atoms with Crippen LogP contribution in [0, 0.1) is 0 Å². The molecule has 1 aliphatic heterocycles. The lowest BCUT2D eigenvalue weighted by Crippen LogP contribution is -2.23. The Morgan fingerprint density at radius 3 is 3.04 bits per heavy atom. The number of amides is 1. The van der Waals surface area contributed by atoms with E-state index in [-0.39, 0.29) is 11.2 Å². The van der Waals surface area contributed by atoms with E-state index in [9.17, 15) is 4.79 Å². The van der Waals surface area contributed by atoms with E-state index in [2.05, 4.69) is 38.0 Å². The van der Waals surface area contributed by atoms with Crippen LogP contribution in [0.2, 0.25) is 0 Å². The second-order valence-electron chi connectivity index (χ2n) is 5.61. The fourth-order valence-corrected chi connectivity index (χ4v) is 4.35. The number of para-hydroxylation sites is 1. The average molecular weight is 356 g/mol. The minimum absolute atomic E-state index is 0.0227. The summed E-state index contributed by atoms with van der Waals surface area (Å²) in [6, 6.07) is 12.1. The van der Waals surface area contributed by atoms with Gasteiger partial charge < -0.3 is 5.32 Å². The molecule has 4 rings (SSSR count). The number of thiophene rings is 1. The smallest absolute Gasteiger partial charge is 0.237 e. The van der Waals surface area contributed by atoms with Crippen molar-refractivity contribution in [3.63, 3.8) is 0 Å². The number of hydrogen-bond donors (Lipinski definition) is 2. The number of carbonyl (C=O) groups excluding carboxylic acids is 1. The first-order valence-corrected chi connectivity index (χ1v) is 9.53. The van der Waals surface area contributed by atoms with Crippen molar-refractivity contribution >= 4 is 34.7 Å². The molecule has 0 aliphatic carbocycles. The van der Waals surface area contributed by atoms with Crippen LogP contribution in [0.5, 0.6) is 0 Å². The summed E-state index contributed by atoms with van der Waals surface area (Å²) < 4.78 is 0. The van der Waals surface area contributed by atoms with Gasteiger partial charge >= 0.3 is 0 Å². The van der Waals surface area contributed by atoms with Crippen LogP contribution in [0.4, 0.5) is 5.69 Å². The van der Waals surface area contributed by atoms with E-state index >= 15 is 0 Å². The number of fused-ring (bicyclic) bond motifs is 1. The average Bonchev–Trinajstić information content (AvgIpc) is 3.22. The van der Waals surface area contributed by atoms with Gasteiger partial charge in [-0.15, -0.1) is 16.4 Å². The highest BCUT2D eigenvalue weighted by Gasteiger charge is 2.25. The number of rotatable bonds is 4. The molecule has 1 amide bonds. The highest BCUT2D eigenvalue weighted by Crippen LogP contribution is 2.30. The van der Waals surface area contributed by atoms with Crippen molar-refractivity contribution in [1.29, 1.82) is 0 Å². The molecule has 2 aromatic heterocycles. The highest BCUT2D eigenvalue weighted by molar-refractivity contribution is 8.00. The first-order chi connectivity index (χ1) is 11.8. The molecule has 1 atom stereocenters. The molecule has 7 heteroatoms. The predicted octanol–water partition coefficient (Wildman–Crippen LogP) is 3.50. The Hall–Kier alpha value is -2.12. The summed E-state index contributed by atoms with van der Waals surface area (Å²) in [6.45, 7) is 0. The minimum atomic E-state index is -0.178. The van der Waals surface area contributed by atoms with Crippen LogP contribution >= 0.6 is 23.1 Å². The summed E-state index contributed by atoms with van der Waals surface area (Å²) >= 11 is 3.13. The second kappa shape index (κ2) is 6.78. The van der Waals surface area contributed by atoms with Gasteiger partial charge in [-0.25, -0.2) is 4.98 Å². The molecule has 5 nitrogen and oxygen atoms in total. The van der Waals surface area contributed by atoms with Gasteiger partial charge in [0.2, 0.25) is 11.1 Å². The van der Waals surface area contributed by atoms with Gasteiger partial charge in [0, 0.05) is 17.0 Å². The Bertz CT molecular complexity index is 844. The largest absolute Gasteiger partial charge is 0.325 e. The van der Waals surface area contributed by atoms with Crippen molar-refractivity contribution in [3.05, 3.63) is 58.0 Å². The first-order valence-electron chi connectivity index (χ1n) is 7.77. The van der Waals surface area contributed by atoms with Gasteiger partial charge in [-0.2, -0.15) is 0 Å². The van der Waals surface area contributed by atoms with Crippen molar-refractivity contribution < 1.29 is 4.79 Å². The fourth-order valence-electron chi connectivity index (χ4n) is 2.72. The zero-order chi connectivity index (χ0) is 16.4. The summed E-state index contributed by atoms with van der Waals surface area (Å²) in [7, 11) is 0. The molecule has 2 N–H and O–H groups in total. The number of benzene rings is 1. The zero-order valence-electron chi connectivity index (χ0n) is 12.9.